The molecule has 1 aromatic carbocycles. The number of aromatic nitrogens is 3. The van der Waals surface area contributed by atoms with Gasteiger partial charge in [-0.2, -0.15) is 0 Å². The van der Waals surface area contributed by atoms with E-state index in [1.807, 2.05) is 31.2 Å². The van der Waals surface area contributed by atoms with E-state index in [0.717, 1.165) is 10.2 Å². The molecular weight excluding hydrogens is 312 g/mol. The second kappa shape index (κ2) is 6.80. The van der Waals surface area contributed by atoms with E-state index in [1.165, 1.54) is 17.5 Å². The number of nitrogens with one attached hydrogen (secondary N) is 1. The Morgan fingerprint density at radius 3 is 2.87 bits per heavy atom. The van der Waals surface area contributed by atoms with Crippen LogP contribution in [0.15, 0.2) is 36.7 Å². The zero-order valence-electron chi connectivity index (χ0n) is 12.8. The predicted molar refractivity (Wildman–Crippen MR) is 89.5 cm³/mol. The van der Waals surface area contributed by atoms with Crippen LogP contribution in [0.1, 0.15) is 17.4 Å². The zero-order chi connectivity index (χ0) is 16.2. The van der Waals surface area contributed by atoms with E-state index in [0.29, 0.717) is 17.3 Å². The fourth-order valence-electron chi connectivity index (χ4n) is 2.22. The molecule has 1 atom stereocenters. The van der Waals surface area contributed by atoms with Crippen LogP contribution < -0.4 is 5.32 Å². The molecule has 3 aromatic rings. The highest BCUT2D eigenvalue weighted by molar-refractivity contribution is 7.21. The fourth-order valence-corrected chi connectivity index (χ4v) is 3.18. The molecule has 3 rings (SSSR count). The smallest absolute Gasteiger partial charge is 0.272 e. The van der Waals surface area contributed by atoms with Crippen molar-refractivity contribution >= 4 is 27.5 Å². The van der Waals surface area contributed by atoms with Crippen LogP contribution in [0, 0.1) is 0 Å². The zero-order valence-corrected chi connectivity index (χ0v) is 13.6. The molecule has 23 heavy (non-hydrogen) atoms. The van der Waals surface area contributed by atoms with Crippen LogP contribution in [0.5, 0.6) is 0 Å². The van der Waals surface area contributed by atoms with Crippen LogP contribution in [0.2, 0.25) is 0 Å². The summed E-state index contributed by atoms with van der Waals surface area (Å²) in [5.74, 6) is -0.281. The van der Waals surface area contributed by atoms with E-state index in [1.54, 1.807) is 13.3 Å². The van der Waals surface area contributed by atoms with Crippen molar-refractivity contribution in [2.45, 2.75) is 13.0 Å². The summed E-state index contributed by atoms with van der Waals surface area (Å²) in [6, 6.07) is 7.71. The van der Waals surface area contributed by atoms with Gasteiger partial charge in [-0.25, -0.2) is 15.0 Å². The number of methoxy groups -OCH3 is 1. The van der Waals surface area contributed by atoms with Crippen molar-refractivity contribution in [1.29, 1.82) is 0 Å². The minimum atomic E-state index is -0.281. The van der Waals surface area contributed by atoms with Crippen LogP contribution in [-0.2, 0) is 4.74 Å². The molecule has 1 N–H and O–H groups in total. The van der Waals surface area contributed by atoms with E-state index < -0.39 is 0 Å². The average Bonchev–Trinajstić information content (AvgIpc) is 2.99. The van der Waals surface area contributed by atoms with Crippen molar-refractivity contribution in [2.24, 2.45) is 0 Å². The van der Waals surface area contributed by atoms with Crippen molar-refractivity contribution in [3.8, 4) is 10.7 Å². The summed E-state index contributed by atoms with van der Waals surface area (Å²) >= 11 is 1.49. The number of amides is 1. The van der Waals surface area contributed by atoms with Crippen molar-refractivity contribution in [2.75, 3.05) is 13.7 Å². The van der Waals surface area contributed by atoms with E-state index in [-0.39, 0.29) is 17.6 Å². The molecule has 2 aromatic heterocycles. The maximum absolute atomic E-state index is 12.4. The number of benzene rings is 1. The first-order valence-electron chi connectivity index (χ1n) is 7.16. The summed E-state index contributed by atoms with van der Waals surface area (Å²) in [5.41, 5.74) is 1.66. The maximum Gasteiger partial charge on any atom is 0.272 e. The molecule has 2 heterocycles. The Hall–Kier alpha value is -2.38. The van der Waals surface area contributed by atoms with Crippen LogP contribution >= 0.6 is 11.3 Å². The Bertz CT molecular complexity index is 801. The van der Waals surface area contributed by atoms with Gasteiger partial charge in [0, 0.05) is 25.5 Å². The van der Waals surface area contributed by atoms with E-state index in [9.17, 15) is 4.79 Å². The molecular formula is C16H16N4O2S. The molecule has 6 nitrogen and oxygen atoms in total. The molecule has 1 amide bonds. The van der Waals surface area contributed by atoms with Gasteiger partial charge in [-0.3, -0.25) is 4.79 Å². The highest BCUT2D eigenvalue weighted by atomic mass is 32.1. The number of thiazole rings is 1. The maximum atomic E-state index is 12.4. The summed E-state index contributed by atoms with van der Waals surface area (Å²) in [6.07, 6.45) is 3.07. The first-order valence-corrected chi connectivity index (χ1v) is 7.97. The summed E-state index contributed by atoms with van der Waals surface area (Å²) in [4.78, 5) is 25.5. The molecule has 118 valence electrons. The van der Waals surface area contributed by atoms with Gasteiger partial charge in [0.15, 0.2) is 5.69 Å². The molecule has 0 aliphatic heterocycles. The first kappa shape index (κ1) is 15.5. The second-order valence-electron chi connectivity index (χ2n) is 5.07. The van der Waals surface area contributed by atoms with Gasteiger partial charge in [0.05, 0.1) is 16.8 Å². The Kier molecular flexibility index (Phi) is 4.59. The number of para-hydroxylation sites is 1. The molecule has 0 fully saturated rings. The number of ether oxygens (including phenoxy) is 1. The number of carbonyl (C=O) groups excluding carboxylic acids is 1. The standard InChI is InChI=1S/C16H16N4O2S/c1-10(9-22-2)19-15(21)13-14(18-8-7-17-13)16-20-11-5-3-4-6-12(11)23-16/h3-8,10H,9H2,1-2H3,(H,19,21). The molecule has 0 spiro atoms. The molecule has 1 unspecified atom stereocenters. The van der Waals surface area contributed by atoms with E-state index >= 15 is 0 Å². The monoisotopic (exact) mass is 328 g/mol. The van der Waals surface area contributed by atoms with Gasteiger partial charge in [-0.05, 0) is 19.1 Å². The molecule has 0 saturated carbocycles. The van der Waals surface area contributed by atoms with Gasteiger partial charge >= 0.3 is 0 Å². The van der Waals surface area contributed by atoms with Crippen molar-refractivity contribution in [3.05, 3.63) is 42.4 Å². The Morgan fingerprint density at radius 1 is 1.30 bits per heavy atom. The molecule has 0 bridgehead atoms. The lowest BCUT2D eigenvalue weighted by Crippen LogP contribution is -2.36. The highest BCUT2D eigenvalue weighted by Gasteiger charge is 2.19. The predicted octanol–water partition coefficient (Wildman–Crippen LogP) is 2.52. The van der Waals surface area contributed by atoms with Gasteiger partial charge in [0.1, 0.15) is 10.7 Å². The first-order chi connectivity index (χ1) is 11.2. The molecule has 0 saturated heterocycles. The quantitative estimate of drug-likeness (QED) is 0.779. The fraction of sp³-hybridized carbons (Fsp3) is 0.250. The lowest BCUT2D eigenvalue weighted by molar-refractivity contribution is 0.0901. The largest absolute Gasteiger partial charge is 0.383 e. The van der Waals surface area contributed by atoms with Crippen LogP contribution in [0.4, 0.5) is 0 Å². The van der Waals surface area contributed by atoms with Crippen molar-refractivity contribution in [1.82, 2.24) is 20.3 Å². The van der Waals surface area contributed by atoms with Crippen molar-refractivity contribution < 1.29 is 9.53 Å². The third kappa shape index (κ3) is 3.35. The van der Waals surface area contributed by atoms with Gasteiger partial charge in [0.25, 0.3) is 5.91 Å². The summed E-state index contributed by atoms with van der Waals surface area (Å²) in [7, 11) is 1.59. The number of fused-ring (bicyclic) bond motifs is 1. The van der Waals surface area contributed by atoms with E-state index in [2.05, 4.69) is 20.3 Å². The minimum absolute atomic E-state index is 0.113. The Labute approximate surface area is 137 Å². The van der Waals surface area contributed by atoms with Crippen LogP contribution in [0.25, 0.3) is 20.9 Å². The number of nitrogens with zero attached hydrogens (tertiary/aromatic N) is 3. The number of carbonyl (C=O) groups is 1. The van der Waals surface area contributed by atoms with Gasteiger partial charge in [-0.1, -0.05) is 12.1 Å². The number of hydrogen-bond donors (Lipinski definition) is 1. The normalized spacial score (nSPS) is 12.3. The topological polar surface area (TPSA) is 77.0 Å². The van der Waals surface area contributed by atoms with E-state index in [4.69, 9.17) is 4.74 Å². The van der Waals surface area contributed by atoms with Gasteiger partial charge < -0.3 is 10.1 Å². The van der Waals surface area contributed by atoms with Crippen LogP contribution in [-0.4, -0.2) is 40.6 Å². The Balaban J connectivity index is 1.95. The molecule has 0 radical (unpaired) electrons. The highest BCUT2D eigenvalue weighted by Crippen LogP contribution is 2.29. The van der Waals surface area contributed by atoms with Crippen LogP contribution in [0.3, 0.4) is 0 Å². The molecule has 0 aliphatic carbocycles. The summed E-state index contributed by atoms with van der Waals surface area (Å²) in [6.45, 7) is 2.30. The number of hydrogen-bond acceptors (Lipinski definition) is 6. The third-order valence-electron chi connectivity index (χ3n) is 3.20. The number of rotatable bonds is 5. The average molecular weight is 328 g/mol. The lowest BCUT2D eigenvalue weighted by Gasteiger charge is -2.13. The summed E-state index contributed by atoms with van der Waals surface area (Å²) < 4.78 is 6.08. The minimum Gasteiger partial charge on any atom is -0.383 e. The van der Waals surface area contributed by atoms with Gasteiger partial charge in [0.2, 0.25) is 0 Å². The second-order valence-corrected chi connectivity index (χ2v) is 6.10. The molecule has 0 aliphatic rings. The third-order valence-corrected chi connectivity index (χ3v) is 4.25. The summed E-state index contributed by atoms with van der Waals surface area (Å²) in [5, 5.41) is 3.54. The van der Waals surface area contributed by atoms with Crippen molar-refractivity contribution in [3.63, 3.8) is 0 Å². The Morgan fingerprint density at radius 2 is 2.09 bits per heavy atom. The lowest BCUT2D eigenvalue weighted by atomic mass is 10.2. The molecule has 7 heteroatoms. The van der Waals surface area contributed by atoms with Gasteiger partial charge in [-0.15, -0.1) is 11.3 Å². The SMILES string of the molecule is COCC(C)NC(=O)c1nccnc1-c1nc2ccccc2s1.